The lowest BCUT2D eigenvalue weighted by molar-refractivity contribution is -0.481. The number of rotatable bonds is 1. The number of anilines is 1. The topological polar surface area (TPSA) is 33.2 Å². The lowest BCUT2D eigenvalue weighted by Gasteiger charge is -2.02. The van der Waals surface area contributed by atoms with E-state index >= 15 is 0 Å². The third-order valence-corrected chi connectivity index (χ3v) is 2.93. The molecule has 0 fully saturated rings. The van der Waals surface area contributed by atoms with Gasteiger partial charge in [-0.25, -0.2) is 0 Å². The molecule has 3 rings (SSSR count). The van der Waals surface area contributed by atoms with E-state index in [1.165, 1.54) is 6.92 Å². The van der Waals surface area contributed by atoms with Crippen LogP contribution in [0, 0.1) is 0 Å². The Labute approximate surface area is 105 Å². The van der Waals surface area contributed by atoms with Gasteiger partial charge in [-0.3, -0.25) is 4.79 Å². The van der Waals surface area contributed by atoms with Crippen molar-refractivity contribution in [3.8, 4) is 0 Å². The third-order valence-electron chi connectivity index (χ3n) is 2.93. The number of amides is 1. The zero-order valence-electron chi connectivity index (χ0n) is 10.1. The molecule has 0 spiro atoms. The molecule has 0 aliphatic heterocycles. The van der Waals surface area contributed by atoms with Crippen LogP contribution in [0.4, 0.5) is 5.69 Å². The molecule has 2 aromatic heterocycles. The van der Waals surface area contributed by atoms with Crippen LogP contribution in [0.3, 0.4) is 0 Å². The molecule has 0 aliphatic rings. The molecule has 0 atom stereocenters. The van der Waals surface area contributed by atoms with Crippen molar-refractivity contribution in [2.24, 2.45) is 0 Å². The second kappa shape index (κ2) is 4.11. The smallest absolute Gasteiger partial charge is 0.221 e. The number of hydrogen-bond donors (Lipinski definition) is 1. The third kappa shape index (κ3) is 1.80. The van der Waals surface area contributed by atoms with Gasteiger partial charge < -0.3 is 5.32 Å². The van der Waals surface area contributed by atoms with Gasteiger partial charge in [-0.2, -0.15) is 4.40 Å². The molecule has 88 valence electrons. The van der Waals surface area contributed by atoms with Crippen molar-refractivity contribution in [2.45, 2.75) is 6.92 Å². The largest absolute Gasteiger partial charge is 0.326 e. The highest BCUT2D eigenvalue weighted by Crippen LogP contribution is 2.17. The summed E-state index contributed by atoms with van der Waals surface area (Å²) in [6.07, 6.45) is 2.04. The number of carbonyl (C=O) groups is 1. The number of aromatic nitrogens is 1. The predicted octanol–water partition coefficient (Wildman–Crippen LogP) is 2.54. The number of pyridine rings is 2. The standard InChI is InChI=1S/C15H12N2O/c1-11(18)16-13-6-8-15-12(10-13)5-7-14-4-2-3-9-17(14)15/h2-10H,1H3/p+1. The Morgan fingerprint density at radius 1 is 1.11 bits per heavy atom. The molecule has 1 amide bonds. The summed E-state index contributed by atoms with van der Waals surface area (Å²) in [4.78, 5) is 11.0. The second-order valence-corrected chi connectivity index (χ2v) is 4.28. The van der Waals surface area contributed by atoms with Crippen LogP contribution in [0.2, 0.25) is 0 Å². The van der Waals surface area contributed by atoms with Crippen molar-refractivity contribution >= 4 is 28.0 Å². The Morgan fingerprint density at radius 3 is 2.83 bits per heavy atom. The van der Waals surface area contributed by atoms with E-state index in [-0.39, 0.29) is 5.91 Å². The van der Waals surface area contributed by atoms with Crippen LogP contribution in [0.15, 0.2) is 54.7 Å². The molecule has 0 saturated heterocycles. The van der Waals surface area contributed by atoms with Gasteiger partial charge in [0.1, 0.15) is 0 Å². The highest BCUT2D eigenvalue weighted by molar-refractivity contribution is 5.91. The number of benzene rings is 1. The Bertz CT molecular complexity index is 750. The molecule has 0 radical (unpaired) electrons. The van der Waals surface area contributed by atoms with Gasteiger partial charge in [0, 0.05) is 42.3 Å². The molecule has 1 N–H and O–H groups in total. The summed E-state index contributed by atoms with van der Waals surface area (Å²) < 4.78 is 2.13. The summed E-state index contributed by atoms with van der Waals surface area (Å²) >= 11 is 0. The van der Waals surface area contributed by atoms with Gasteiger partial charge in [-0.1, -0.05) is 0 Å². The van der Waals surface area contributed by atoms with E-state index < -0.39 is 0 Å². The zero-order valence-corrected chi connectivity index (χ0v) is 10.1. The van der Waals surface area contributed by atoms with E-state index in [1.54, 1.807) is 0 Å². The van der Waals surface area contributed by atoms with E-state index in [4.69, 9.17) is 0 Å². The summed E-state index contributed by atoms with van der Waals surface area (Å²) in [5.74, 6) is -0.0530. The lowest BCUT2D eigenvalue weighted by Crippen LogP contribution is -2.21. The van der Waals surface area contributed by atoms with Crippen molar-refractivity contribution in [2.75, 3.05) is 5.32 Å². The minimum atomic E-state index is -0.0530. The van der Waals surface area contributed by atoms with Crippen LogP contribution in [-0.2, 0) is 4.79 Å². The number of nitrogens with zero attached hydrogens (tertiary/aromatic N) is 1. The SMILES string of the molecule is CC(=O)Nc1ccc2c(ccc3cccc[n+]32)c1. The first-order valence-corrected chi connectivity index (χ1v) is 5.85. The van der Waals surface area contributed by atoms with Crippen molar-refractivity contribution in [1.29, 1.82) is 0 Å². The van der Waals surface area contributed by atoms with Gasteiger partial charge in [0.25, 0.3) is 0 Å². The minimum Gasteiger partial charge on any atom is -0.326 e. The minimum absolute atomic E-state index is 0.0530. The van der Waals surface area contributed by atoms with Gasteiger partial charge in [-0.05, 0) is 24.3 Å². The van der Waals surface area contributed by atoms with E-state index in [9.17, 15) is 4.79 Å². The van der Waals surface area contributed by atoms with Crippen LogP contribution in [0.5, 0.6) is 0 Å². The summed E-state index contributed by atoms with van der Waals surface area (Å²) in [7, 11) is 0. The van der Waals surface area contributed by atoms with Gasteiger partial charge in [0.2, 0.25) is 16.9 Å². The van der Waals surface area contributed by atoms with Crippen LogP contribution in [-0.4, -0.2) is 5.91 Å². The first-order chi connectivity index (χ1) is 8.74. The van der Waals surface area contributed by atoms with E-state index in [0.29, 0.717) is 0 Å². The van der Waals surface area contributed by atoms with Crippen molar-refractivity contribution in [3.63, 3.8) is 0 Å². The molecule has 3 nitrogen and oxygen atoms in total. The number of fused-ring (bicyclic) bond motifs is 3. The fourth-order valence-corrected chi connectivity index (χ4v) is 2.18. The van der Waals surface area contributed by atoms with E-state index in [2.05, 4.69) is 27.9 Å². The lowest BCUT2D eigenvalue weighted by atomic mass is 10.1. The maximum Gasteiger partial charge on any atom is 0.221 e. The van der Waals surface area contributed by atoms with Gasteiger partial charge in [0.15, 0.2) is 6.20 Å². The van der Waals surface area contributed by atoms with Crippen LogP contribution < -0.4 is 9.72 Å². The molecular formula is C15H13N2O+. The van der Waals surface area contributed by atoms with Crippen molar-refractivity contribution in [3.05, 3.63) is 54.7 Å². The van der Waals surface area contributed by atoms with Gasteiger partial charge in [0.05, 0.1) is 0 Å². The highest BCUT2D eigenvalue weighted by Gasteiger charge is 2.08. The zero-order chi connectivity index (χ0) is 12.5. The van der Waals surface area contributed by atoms with Crippen LogP contribution in [0.25, 0.3) is 16.4 Å². The Kier molecular flexibility index (Phi) is 2.45. The second-order valence-electron chi connectivity index (χ2n) is 4.28. The van der Waals surface area contributed by atoms with Crippen LogP contribution >= 0.6 is 0 Å². The normalized spacial score (nSPS) is 10.7. The molecule has 0 saturated carbocycles. The number of nitrogens with one attached hydrogen (secondary N) is 1. The molecular weight excluding hydrogens is 224 g/mol. The maximum absolute atomic E-state index is 11.0. The molecule has 3 heteroatoms. The first kappa shape index (κ1) is 10.7. The van der Waals surface area contributed by atoms with Crippen molar-refractivity contribution in [1.82, 2.24) is 0 Å². The molecule has 0 unspecified atom stereocenters. The highest BCUT2D eigenvalue weighted by atomic mass is 16.1. The molecule has 2 heterocycles. The fourth-order valence-electron chi connectivity index (χ4n) is 2.18. The molecule has 0 bridgehead atoms. The number of hydrogen-bond acceptors (Lipinski definition) is 1. The Hall–Kier alpha value is -2.42. The summed E-state index contributed by atoms with van der Waals surface area (Å²) in [5.41, 5.74) is 3.10. The van der Waals surface area contributed by atoms with E-state index in [1.807, 2.05) is 36.5 Å². The first-order valence-electron chi connectivity index (χ1n) is 5.85. The van der Waals surface area contributed by atoms with Crippen molar-refractivity contribution < 1.29 is 9.20 Å². The monoisotopic (exact) mass is 237 g/mol. The molecule has 0 aliphatic carbocycles. The van der Waals surface area contributed by atoms with Gasteiger partial charge >= 0.3 is 0 Å². The summed E-state index contributed by atoms with van der Waals surface area (Å²) in [5, 5.41) is 3.90. The summed E-state index contributed by atoms with van der Waals surface area (Å²) in [6, 6.07) is 16.2. The summed E-state index contributed by atoms with van der Waals surface area (Å²) in [6.45, 7) is 1.51. The van der Waals surface area contributed by atoms with Crippen LogP contribution in [0.1, 0.15) is 6.92 Å². The Morgan fingerprint density at radius 2 is 2.00 bits per heavy atom. The average Bonchev–Trinajstić information content (AvgIpc) is 2.37. The average molecular weight is 237 g/mol. The Balaban J connectivity index is 2.24. The van der Waals surface area contributed by atoms with E-state index in [0.717, 1.165) is 22.1 Å². The quantitative estimate of drug-likeness (QED) is 0.512. The van der Waals surface area contributed by atoms with Gasteiger partial charge in [-0.15, -0.1) is 0 Å². The number of carbonyl (C=O) groups excluding carboxylic acids is 1. The maximum atomic E-state index is 11.0. The predicted molar refractivity (Wildman–Crippen MR) is 71.4 cm³/mol. The molecule has 1 aromatic carbocycles. The molecule has 3 aromatic rings. The molecule has 18 heavy (non-hydrogen) atoms. The fraction of sp³-hybridized carbons (Fsp3) is 0.0667.